The molecule has 1 amide bonds. The van der Waals surface area contributed by atoms with E-state index >= 15 is 0 Å². The van der Waals surface area contributed by atoms with Crippen LogP contribution >= 0.6 is 0 Å². The van der Waals surface area contributed by atoms with E-state index in [4.69, 9.17) is 5.73 Å². The van der Waals surface area contributed by atoms with Gasteiger partial charge in [0, 0.05) is 6.04 Å². The molecular weight excluding hydrogens is 202 g/mol. The Kier molecular flexibility index (Phi) is 3.08. The Hall–Kier alpha value is -1.58. The molecule has 3 N–H and O–H groups in total. The summed E-state index contributed by atoms with van der Waals surface area (Å²) in [6, 6.07) is 5.32. The highest BCUT2D eigenvalue weighted by Crippen LogP contribution is 2.29. The first-order chi connectivity index (χ1) is 7.66. The topological polar surface area (TPSA) is 68.0 Å². The number of hydrogen-bond acceptors (Lipinski definition) is 3. The van der Waals surface area contributed by atoms with Gasteiger partial charge in [0.15, 0.2) is 0 Å². The minimum Gasteiger partial charge on any atom is -0.384 e. The molecule has 86 valence electrons. The largest absolute Gasteiger partial charge is 0.384 e. The first kappa shape index (κ1) is 10.9. The minimum absolute atomic E-state index is 0.133. The number of nitrogens with one attached hydrogen (secondary N) is 1. The second-order valence-corrected chi connectivity index (χ2v) is 4.40. The predicted molar refractivity (Wildman–Crippen MR) is 62.9 cm³/mol. The molecule has 0 aliphatic heterocycles. The lowest BCUT2D eigenvalue weighted by Crippen LogP contribution is -2.41. The number of nitrogens with two attached hydrogens (primary N) is 1. The first-order valence-electron chi connectivity index (χ1n) is 5.70. The molecule has 1 fully saturated rings. The second kappa shape index (κ2) is 4.51. The number of carbonyl (C=O) groups is 1. The van der Waals surface area contributed by atoms with Crippen LogP contribution in [0.4, 0.5) is 5.82 Å². The zero-order chi connectivity index (χ0) is 11.5. The van der Waals surface area contributed by atoms with Gasteiger partial charge in [-0.3, -0.25) is 4.79 Å². The van der Waals surface area contributed by atoms with Crippen LogP contribution in [0.15, 0.2) is 18.2 Å². The van der Waals surface area contributed by atoms with Crippen LogP contribution in [0, 0.1) is 5.92 Å². The average Bonchev–Trinajstić information content (AvgIpc) is 2.14. The van der Waals surface area contributed by atoms with E-state index in [0.29, 0.717) is 17.4 Å². The van der Waals surface area contributed by atoms with Crippen molar-refractivity contribution in [2.75, 3.05) is 5.73 Å². The second-order valence-electron chi connectivity index (χ2n) is 4.40. The summed E-state index contributed by atoms with van der Waals surface area (Å²) >= 11 is 0. The summed E-state index contributed by atoms with van der Waals surface area (Å²) in [6.07, 6.45) is 3.71. The summed E-state index contributed by atoms with van der Waals surface area (Å²) in [7, 11) is 0. The molecule has 1 aliphatic carbocycles. The van der Waals surface area contributed by atoms with Gasteiger partial charge in [-0.25, -0.2) is 4.98 Å². The smallest absolute Gasteiger partial charge is 0.270 e. The maximum Gasteiger partial charge on any atom is 0.270 e. The van der Waals surface area contributed by atoms with Crippen LogP contribution in [0.25, 0.3) is 0 Å². The Morgan fingerprint density at radius 1 is 1.56 bits per heavy atom. The molecule has 0 spiro atoms. The van der Waals surface area contributed by atoms with Crippen molar-refractivity contribution in [3.63, 3.8) is 0 Å². The number of amides is 1. The van der Waals surface area contributed by atoms with Crippen molar-refractivity contribution in [1.82, 2.24) is 10.3 Å². The van der Waals surface area contributed by atoms with Gasteiger partial charge in [-0.05, 0) is 37.8 Å². The zero-order valence-electron chi connectivity index (χ0n) is 9.44. The third kappa shape index (κ3) is 2.32. The third-order valence-electron chi connectivity index (χ3n) is 3.22. The standard InChI is InChI=1S/C12H17N3O/c1-8(9-4-2-5-9)14-12(16)10-6-3-7-11(13)15-10/h3,6-9H,2,4-5H2,1H3,(H2,13,15)(H,14,16). The molecule has 16 heavy (non-hydrogen) atoms. The van der Waals surface area contributed by atoms with Gasteiger partial charge in [0.2, 0.25) is 0 Å². The summed E-state index contributed by atoms with van der Waals surface area (Å²) in [6.45, 7) is 2.05. The van der Waals surface area contributed by atoms with Crippen LogP contribution in [0.3, 0.4) is 0 Å². The SMILES string of the molecule is CC(NC(=O)c1cccc(N)n1)C1CCC1. The summed E-state index contributed by atoms with van der Waals surface area (Å²) < 4.78 is 0. The lowest BCUT2D eigenvalue weighted by atomic mass is 9.80. The normalized spacial score (nSPS) is 17.6. The van der Waals surface area contributed by atoms with Crippen molar-refractivity contribution in [3.05, 3.63) is 23.9 Å². The van der Waals surface area contributed by atoms with Crippen molar-refractivity contribution < 1.29 is 4.79 Å². The quantitative estimate of drug-likeness (QED) is 0.811. The van der Waals surface area contributed by atoms with E-state index in [0.717, 1.165) is 0 Å². The van der Waals surface area contributed by atoms with E-state index in [1.165, 1.54) is 19.3 Å². The molecule has 4 heteroatoms. The molecule has 1 aliphatic rings. The summed E-state index contributed by atoms with van der Waals surface area (Å²) in [5, 5.41) is 2.97. The van der Waals surface area contributed by atoms with Crippen molar-refractivity contribution in [2.24, 2.45) is 5.92 Å². The van der Waals surface area contributed by atoms with E-state index in [1.807, 2.05) is 6.92 Å². The van der Waals surface area contributed by atoms with E-state index in [-0.39, 0.29) is 11.9 Å². The van der Waals surface area contributed by atoms with Gasteiger partial charge >= 0.3 is 0 Å². The van der Waals surface area contributed by atoms with Crippen LogP contribution in [0.5, 0.6) is 0 Å². The molecule has 4 nitrogen and oxygen atoms in total. The van der Waals surface area contributed by atoms with Crippen molar-refractivity contribution in [1.29, 1.82) is 0 Å². The van der Waals surface area contributed by atoms with Gasteiger partial charge in [-0.2, -0.15) is 0 Å². The first-order valence-corrected chi connectivity index (χ1v) is 5.70. The molecule has 2 rings (SSSR count). The molecule has 1 aromatic rings. The monoisotopic (exact) mass is 219 g/mol. The van der Waals surface area contributed by atoms with Crippen LogP contribution in [-0.2, 0) is 0 Å². The van der Waals surface area contributed by atoms with Crippen molar-refractivity contribution in [2.45, 2.75) is 32.2 Å². The van der Waals surface area contributed by atoms with Gasteiger partial charge in [0.05, 0.1) is 0 Å². The van der Waals surface area contributed by atoms with Crippen LogP contribution < -0.4 is 11.1 Å². The van der Waals surface area contributed by atoms with Gasteiger partial charge in [-0.15, -0.1) is 0 Å². The predicted octanol–water partition coefficient (Wildman–Crippen LogP) is 1.58. The van der Waals surface area contributed by atoms with E-state index in [1.54, 1.807) is 18.2 Å². The van der Waals surface area contributed by atoms with E-state index < -0.39 is 0 Å². The number of rotatable bonds is 3. The summed E-state index contributed by atoms with van der Waals surface area (Å²) in [5.41, 5.74) is 5.93. The molecule has 0 aromatic carbocycles. The molecule has 1 saturated carbocycles. The van der Waals surface area contributed by atoms with E-state index in [9.17, 15) is 4.79 Å². The van der Waals surface area contributed by atoms with Gasteiger partial charge in [0.1, 0.15) is 11.5 Å². The van der Waals surface area contributed by atoms with E-state index in [2.05, 4.69) is 10.3 Å². The summed E-state index contributed by atoms with van der Waals surface area (Å²) in [5.74, 6) is 0.876. The van der Waals surface area contributed by atoms with Gasteiger partial charge < -0.3 is 11.1 Å². The third-order valence-corrected chi connectivity index (χ3v) is 3.22. The van der Waals surface area contributed by atoms with Crippen molar-refractivity contribution >= 4 is 11.7 Å². The molecule has 1 aromatic heterocycles. The van der Waals surface area contributed by atoms with Gasteiger partial charge in [-0.1, -0.05) is 12.5 Å². The Morgan fingerprint density at radius 3 is 2.88 bits per heavy atom. The molecule has 0 bridgehead atoms. The van der Waals surface area contributed by atoms with Crippen LogP contribution in [-0.4, -0.2) is 16.9 Å². The fourth-order valence-electron chi connectivity index (χ4n) is 1.92. The summed E-state index contributed by atoms with van der Waals surface area (Å²) in [4.78, 5) is 15.8. The Labute approximate surface area is 95.3 Å². The number of pyridine rings is 1. The maximum atomic E-state index is 11.8. The highest BCUT2D eigenvalue weighted by atomic mass is 16.1. The fourth-order valence-corrected chi connectivity index (χ4v) is 1.92. The molecular formula is C12H17N3O. The number of aromatic nitrogens is 1. The molecule has 1 heterocycles. The van der Waals surface area contributed by atoms with Crippen molar-refractivity contribution in [3.8, 4) is 0 Å². The average molecular weight is 219 g/mol. The fraction of sp³-hybridized carbons (Fsp3) is 0.500. The highest BCUT2D eigenvalue weighted by Gasteiger charge is 2.25. The molecule has 1 atom stereocenters. The number of nitrogen functional groups attached to an aromatic ring is 1. The Balaban J connectivity index is 1.96. The highest BCUT2D eigenvalue weighted by molar-refractivity contribution is 5.92. The number of carbonyl (C=O) groups excluding carboxylic acids is 1. The van der Waals surface area contributed by atoms with Crippen LogP contribution in [0.2, 0.25) is 0 Å². The lowest BCUT2D eigenvalue weighted by molar-refractivity contribution is 0.0904. The Morgan fingerprint density at radius 2 is 2.31 bits per heavy atom. The Bertz CT molecular complexity index is 388. The molecule has 0 radical (unpaired) electrons. The zero-order valence-corrected chi connectivity index (χ0v) is 9.44. The lowest BCUT2D eigenvalue weighted by Gasteiger charge is -2.31. The number of anilines is 1. The molecule has 0 saturated heterocycles. The number of nitrogens with zero attached hydrogens (tertiary/aromatic N) is 1. The molecule has 1 unspecified atom stereocenters. The van der Waals surface area contributed by atoms with Gasteiger partial charge in [0.25, 0.3) is 5.91 Å². The number of hydrogen-bond donors (Lipinski definition) is 2. The maximum absolute atomic E-state index is 11.8. The van der Waals surface area contributed by atoms with Crippen LogP contribution in [0.1, 0.15) is 36.7 Å². The minimum atomic E-state index is -0.133.